The summed E-state index contributed by atoms with van der Waals surface area (Å²) >= 11 is 4.56. The zero-order valence-corrected chi connectivity index (χ0v) is 13.9. The molecule has 0 aliphatic rings. The van der Waals surface area contributed by atoms with Crippen LogP contribution in [0.4, 0.5) is 0 Å². The number of H-pyrrole nitrogens is 1. The van der Waals surface area contributed by atoms with E-state index in [-0.39, 0.29) is 10.9 Å². The highest BCUT2D eigenvalue weighted by molar-refractivity contribution is 7.79. The summed E-state index contributed by atoms with van der Waals surface area (Å²) in [5.74, 6) is 0. The standard InChI is InChI=1S/C20H12N2O2S/c23-19-11-5-1-3-7-15(11)21-16-9-14-18(10-13(16)19)22(25)17-8-4-2-6-12(17)20(14)24/h1-10,25H,(H,21,23). The first-order chi connectivity index (χ1) is 12.1. The number of rotatable bonds is 0. The van der Waals surface area contributed by atoms with Crippen LogP contribution in [-0.4, -0.2) is 8.96 Å². The van der Waals surface area contributed by atoms with Gasteiger partial charge in [0.1, 0.15) is 0 Å². The second kappa shape index (κ2) is 4.97. The van der Waals surface area contributed by atoms with Crippen LogP contribution in [0.2, 0.25) is 0 Å². The minimum absolute atomic E-state index is 0.0554. The lowest BCUT2D eigenvalue weighted by Gasteiger charge is -2.10. The summed E-state index contributed by atoms with van der Waals surface area (Å²) in [6.07, 6.45) is 0. The highest BCUT2D eigenvalue weighted by Gasteiger charge is 2.12. The molecule has 2 heterocycles. The monoisotopic (exact) mass is 344 g/mol. The number of hydrogen-bond donors (Lipinski definition) is 2. The van der Waals surface area contributed by atoms with Crippen molar-refractivity contribution in [2.75, 3.05) is 0 Å². The maximum absolute atomic E-state index is 12.9. The first kappa shape index (κ1) is 14.3. The maximum Gasteiger partial charge on any atom is 0.197 e. The van der Waals surface area contributed by atoms with Crippen molar-refractivity contribution < 1.29 is 0 Å². The molecule has 0 atom stereocenters. The normalized spacial score (nSPS) is 11.7. The number of benzene rings is 3. The lowest BCUT2D eigenvalue weighted by Crippen LogP contribution is -2.09. The number of fused-ring (bicyclic) bond motifs is 4. The van der Waals surface area contributed by atoms with Crippen molar-refractivity contribution >= 4 is 56.4 Å². The minimum atomic E-state index is -0.0631. The van der Waals surface area contributed by atoms with E-state index in [0.29, 0.717) is 32.6 Å². The number of nitrogens with zero attached hydrogens (tertiary/aromatic N) is 1. The third-order valence-corrected chi connectivity index (χ3v) is 5.10. The first-order valence-electron chi connectivity index (χ1n) is 7.86. The van der Waals surface area contributed by atoms with Crippen molar-refractivity contribution in [3.05, 3.63) is 81.1 Å². The molecule has 4 nitrogen and oxygen atoms in total. The summed E-state index contributed by atoms with van der Waals surface area (Å²) in [5, 5.41) is 2.31. The van der Waals surface area contributed by atoms with Crippen molar-refractivity contribution in [1.29, 1.82) is 0 Å². The molecule has 120 valence electrons. The molecule has 5 aromatic rings. The molecule has 0 radical (unpaired) electrons. The van der Waals surface area contributed by atoms with Crippen molar-refractivity contribution in [1.82, 2.24) is 8.96 Å². The van der Waals surface area contributed by atoms with Crippen LogP contribution < -0.4 is 10.9 Å². The van der Waals surface area contributed by atoms with Gasteiger partial charge in [-0.2, -0.15) is 0 Å². The Labute approximate surface area is 146 Å². The number of pyridine rings is 2. The topological polar surface area (TPSA) is 54.9 Å². The second-order valence-electron chi connectivity index (χ2n) is 6.07. The molecule has 5 heteroatoms. The van der Waals surface area contributed by atoms with Gasteiger partial charge < -0.3 is 4.98 Å². The molecular formula is C20H12N2O2S. The lowest BCUT2D eigenvalue weighted by molar-refractivity contribution is 1.39. The molecule has 1 N–H and O–H groups in total. The maximum atomic E-state index is 12.9. The fourth-order valence-corrected chi connectivity index (χ4v) is 3.78. The van der Waals surface area contributed by atoms with Gasteiger partial charge in [0, 0.05) is 27.1 Å². The van der Waals surface area contributed by atoms with E-state index in [2.05, 4.69) is 17.8 Å². The number of hydrogen-bond acceptors (Lipinski definition) is 3. The fourth-order valence-electron chi connectivity index (χ4n) is 3.44. The summed E-state index contributed by atoms with van der Waals surface area (Å²) in [7, 11) is 0. The number of nitrogens with one attached hydrogen (secondary N) is 1. The second-order valence-corrected chi connectivity index (χ2v) is 6.47. The van der Waals surface area contributed by atoms with Crippen LogP contribution in [0.3, 0.4) is 0 Å². The molecule has 0 unspecified atom stereocenters. The van der Waals surface area contributed by atoms with Crippen molar-refractivity contribution in [2.45, 2.75) is 0 Å². The van der Waals surface area contributed by atoms with Gasteiger partial charge in [0.2, 0.25) is 0 Å². The molecule has 0 aliphatic heterocycles. The third kappa shape index (κ3) is 1.90. The van der Waals surface area contributed by atoms with E-state index in [4.69, 9.17) is 0 Å². The summed E-state index contributed by atoms with van der Waals surface area (Å²) in [5.41, 5.74) is 2.63. The van der Waals surface area contributed by atoms with Crippen molar-refractivity contribution in [3.8, 4) is 0 Å². The van der Waals surface area contributed by atoms with E-state index in [9.17, 15) is 9.59 Å². The van der Waals surface area contributed by atoms with Gasteiger partial charge in [-0.3, -0.25) is 13.6 Å². The van der Waals surface area contributed by atoms with E-state index in [1.807, 2.05) is 36.4 Å². The van der Waals surface area contributed by atoms with Crippen LogP contribution >= 0.6 is 12.8 Å². The van der Waals surface area contributed by atoms with Crippen LogP contribution in [0.15, 0.2) is 70.3 Å². The number of para-hydroxylation sites is 2. The Morgan fingerprint density at radius 1 is 0.680 bits per heavy atom. The molecule has 0 saturated carbocycles. The van der Waals surface area contributed by atoms with E-state index in [1.165, 1.54) is 0 Å². The summed E-state index contributed by atoms with van der Waals surface area (Å²) in [6, 6.07) is 18.2. The van der Waals surface area contributed by atoms with E-state index < -0.39 is 0 Å². The number of thiol groups is 1. The first-order valence-corrected chi connectivity index (χ1v) is 8.26. The minimum Gasteiger partial charge on any atom is -0.354 e. The molecule has 5 rings (SSSR count). The SMILES string of the molecule is O=c1c2ccccc2[nH]c2cc3c(=O)c4ccccc4n(S)c3cc12. The van der Waals surface area contributed by atoms with Crippen LogP contribution in [0.5, 0.6) is 0 Å². The van der Waals surface area contributed by atoms with Crippen molar-refractivity contribution in [3.63, 3.8) is 0 Å². The average Bonchev–Trinajstić information content (AvgIpc) is 2.65. The lowest BCUT2D eigenvalue weighted by atomic mass is 10.1. The molecule has 0 amide bonds. The van der Waals surface area contributed by atoms with Gasteiger partial charge in [0.25, 0.3) is 0 Å². The molecule has 0 saturated heterocycles. The largest absolute Gasteiger partial charge is 0.354 e. The summed E-state index contributed by atoms with van der Waals surface area (Å²) in [4.78, 5) is 29.0. The number of aromatic amines is 1. The molecule has 0 spiro atoms. The Kier molecular flexibility index (Phi) is 2.85. The van der Waals surface area contributed by atoms with Crippen LogP contribution in [-0.2, 0) is 0 Å². The smallest absolute Gasteiger partial charge is 0.197 e. The quantitative estimate of drug-likeness (QED) is 0.331. The highest BCUT2D eigenvalue weighted by atomic mass is 32.1. The van der Waals surface area contributed by atoms with Gasteiger partial charge in [-0.05, 0) is 36.4 Å². The average molecular weight is 344 g/mol. The van der Waals surface area contributed by atoms with Gasteiger partial charge in [-0.25, -0.2) is 0 Å². The Balaban J connectivity index is 2.09. The summed E-state index contributed by atoms with van der Waals surface area (Å²) < 4.78 is 1.67. The molecule has 0 bridgehead atoms. The zero-order valence-electron chi connectivity index (χ0n) is 13.0. The molecule has 3 aromatic carbocycles. The Bertz CT molecular complexity index is 1450. The molecular weight excluding hydrogens is 332 g/mol. The Morgan fingerprint density at radius 2 is 1.36 bits per heavy atom. The Hall–Kier alpha value is -3.05. The predicted octanol–water partition coefficient (Wildman–Crippen LogP) is 3.84. The molecule has 0 aliphatic carbocycles. The molecule has 0 fully saturated rings. The van der Waals surface area contributed by atoms with Gasteiger partial charge >= 0.3 is 0 Å². The van der Waals surface area contributed by atoms with E-state index in [1.54, 1.807) is 28.2 Å². The van der Waals surface area contributed by atoms with Crippen LogP contribution in [0.1, 0.15) is 0 Å². The van der Waals surface area contributed by atoms with E-state index in [0.717, 1.165) is 11.0 Å². The highest BCUT2D eigenvalue weighted by Crippen LogP contribution is 2.24. The van der Waals surface area contributed by atoms with Crippen LogP contribution in [0.25, 0.3) is 43.6 Å². The fraction of sp³-hybridized carbons (Fsp3) is 0. The summed E-state index contributed by atoms with van der Waals surface area (Å²) in [6.45, 7) is 0. The van der Waals surface area contributed by atoms with Gasteiger partial charge in [0.15, 0.2) is 10.9 Å². The Morgan fingerprint density at radius 3 is 2.20 bits per heavy atom. The van der Waals surface area contributed by atoms with E-state index >= 15 is 0 Å². The van der Waals surface area contributed by atoms with Gasteiger partial charge in [0.05, 0.1) is 16.6 Å². The third-order valence-electron chi connectivity index (χ3n) is 4.67. The van der Waals surface area contributed by atoms with Crippen LogP contribution in [0, 0.1) is 0 Å². The number of aromatic nitrogens is 2. The predicted molar refractivity (Wildman–Crippen MR) is 106 cm³/mol. The van der Waals surface area contributed by atoms with Crippen molar-refractivity contribution in [2.24, 2.45) is 0 Å². The molecule has 2 aromatic heterocycles. The molecule has 25 heavy (non-hydrogen) atoms. The zero-order chi connectivity index (χ0) is 17.1. The van der Waals surface area contributed by atoms with Gasteiger partial charge in [-0.15, -0.1) is 0 Å². The van der Waals surface area contributed by atoms with Gasteiger partial charge in [-0.1, -0.05) is 37.1 Å².